The summed E-state index contributed by atoms with van der Waals surface area (Å²) in [5.74, 6) is -0.994. The molecule has 2 amide bonds. The van der Waals surface area contributed by atoms with Gasteiger partial charge < -0.3 is 9.26 Å². The molecule has 3 aliphatic rings. The molecule has 2 aromatic heterocycles. The van der Waals surface area contributed by atoms with Crippen LogP contribution in [0.2, 0.25) is 5.02 Å². The number of halogens is 2. The lowest BCUT2D eigenvalue weighted by molar-refractivity contribution is -0.129. The number of rotatable bonds is 7. The van der Waals surface area contributed by atoms with Gasteiger partial charge in [0.15, 0.2) is 5.82 Å². The van der Waals surface area contributed by atoms with Crippen molar-refractivity contribution in [2.24, 2.45) is 5.41 Å². The fraction of sp³-hybridized carbons (Fsp3) is 0.483. The van der Waals surface area contributed by atoms with Crippen LogP contribution in [-0.2, 0) is 21.4 Å². The van der Waals surface area contributed by atoms with E-state index in [1.54, 1.807) is 26.8 Å². The molecule has 0 saturated heterocycles. The number of hydrogen-bond donors (Lipinski definition) is 2. The third-order valence-corrected chi connectivity index (χ3v) is 7.88. The normalized spacial score (nSPS) is 21.1. The molecule has 6 rings (SSSR count). The van der Waals surface area contributed by atoms with Crippen LogP contribution in [0.15, 0.2) is 22.7 Å². The van der Waals surface area contributed by atoms with E-state index in [2.05, 4.69) is 27.8 Å². The van der Waals surface area contributed by atoms with E-state index < -0.39 is 23.4 Å². The average Bonchev–Trinajstić information content (AvgIpc) is 3.42. The molecule has 0 radical (unpaired) electrons. The summed E-state index contributed by atoms with van der Waals surface area (Å²) >= 11 is 6.43. The van der Waals surface area contributed by atoms with E-state index in [-0.39, 0.29) is 57.0 Å². The van der Waals surface area contributed by atoms with Gasteiger partial charge in [-0.3, -0.25) is 15.4 Å². The molecule has 0 unspecified atom stereocenters. The van der Waals surface area contributed by atoms with Gasteiger partial charge >= 0.3 is 6.09 Å². The number of hydrogen-bond acceptors (Lipinski definition) is 7. The summed E-state index contributed by atoms with van der Waals surface area (Å²) in [6, 6.07) is 6.42. The van der Waals surface area contributed by atoms with Crippen LogP contribution in [0.3, 0.4) is 0 Å². The van der Waals surface area contributed by atoms with Crippen LogP contribution in [0.4, 0.5) is 20.9 Å². The van der Waals surface area contributed by atoms with Crippen molar-refractivity contribution in [2.75, 3.05) is 10.6 Å². The zero-order valence-electron chi connectivity index (χ0n) is 23.8. The number of aromatic nitrogens is 3. The molecule has 3 aromatic rings. The first-order valence-corrected chi connectivity index (χ1v) is 13.8. The van der Waals surface area contributed by atoms with Crippen molar-refractivity contribution in [2.45, 2.75) is 84.3 Å². The lowest BCUT2D eigenvalue weighted by Gasteiger charge is -2.68. The van der Waals surface area contributed by atoms with Gasteiger partial charge in [-0.05, 0) is 64.9 Å². The molecule has 41 heavy (non-hydrogen) atoms. The third-order valence-electron chi connectivity index (χ3n) is 7.51. The van der Waals surface area contributed by atoms with Crippen molar-refractivity contribution in [3.63, 3.8) is 0 Å². The van der Waals surface area contributed by atoms with Gasteiger partial charge in [-0.2, -0.15) is 10.4 Å². The number of carbonyl (C=O) groups is 2. The number of anilines is 2. The van der Waals surface area contributed by atoms with Crippen LogP contribution >= 0.6 is 11.6 Å². The Bertz CT molecular complexity index is 1580. The molecular formula is C29H32ClFN6O4. The lowest BCUT2D eigenvalue weighted by Crippen LogP contribution is -2.62. The highest BCUT2D eigenvalue weighted by Crippen LogP contribution is 2.73. The number of benzene rings is 1. The summed E-state index contributed by atoms with van der Waals surface area (Å²) in [7, 11) is 0. The van der Waals surface area contributed by atoms with Crippen LogP contribution in [-0.4, -0.2) is 32.5 Å². The summed E-state index contributed by atoms with van der Waals surface area (Å²) in [5, 5.41) is 23.5. The van der Waals surface area contributed by atoms with Crippen LogP contribution < -0.4 is 10.6 Å². The van der Waals surface area contributed by atoms with Crippen molar-refractivity contribution in [3.8, 4) is 17.3 Å². The zero-order valence-corrected chi connectivity index (χ0v) is 24.6. The number of nitrogens with zero attached hydrogens (tertiary/aromatic N) is 4. The molecule has 2 N–H and O–H groups in total. The topological polar surface area (TPSA) is 135 Å². The van der Waals surface area contributed by atoms with E-state index in [1.165, 1.54) is 16.8 Å². The molecule has 0 spiro atoms. The van der Waals surface area contributed by atoms with Crippen molar-refractivity contribution >= 4 is 35.3 Å². The highest BCUT2D eigenvalue weighted by Gasteiger charge is 2.66. The molecule has 10 nitrogen and oxygen atoms in total. The predicted molar refractivity (Wildman–Crippen MR) is 150 cm³/mol. The van der Waals surface area contributed by atoms with Gasteiger partial charge in [0.05, 0.1) is 17.1 Å². The third kappa shape index (κ3) is 5.28. The number of carbonyl (C=O) groups excluding carboxylic acids is 2. The average molecular weight is 583 g/mol. The molecule has 1 aromatic carbocycles. The monoisotopic (exact) mass is 582 g/mol. The molecule has 0 aliphatic heterocycles. The van der Waals surface area contributed by atoms with E-state index in [0.29, 0.717) is 5.41 Å². The molecule has 216 valence electrons. The van der Waals surface area contributed by atoms with E-state index in [1.807, 2.05) is 19.9 Å². The van der Waals surface area contributed by atoms with Crippen molar-refractivity contribution in [3.05, 3.63) is 45.9 Å². The summed E-state index contributed by atoms with van der Waals surface area (Å²) in [6.07, 6.45) is 2.13. The molecule has 2 bridgehead atoms. The second-order valence-electron chi connectivity index (χ2n) is 12.7. The van der Waals surface area contributed by atoms with Gasteiger partial charge in [0.25, 0.3) is 0 Å². The standard InChI is InChI=1S/C29H32ClFN6O4/c1-15(2)37-25(34-26(39)40-27(3,4)5)18(11-32)24(35-37)17-8-7-16(23(31)22(17)30)9-20(38)33-21-10-19(36-41-21)29-12-28(6,13-29)14-29/h7-8,10,15H,9,12-14H2,1-6H3,(H,33,38)(H,34,39). The van der Waals surface area contributed by atoms with Crippen molar-refractivity contribution in [1.29, 1.82) is 5.26 Å². The minimum absolute atomic E-state index is 0.00446. The Labute approximate surface area is 242 Å². The van der Waals surface area contributed by atoms with Gasteiger partial charge in [-0.15, -0.1) is 0 Å². The molecule has 2 heterocycles. The summed E-state index contributed by atoms with van der Waals surface area (Å²) in [6.45, 7) is 11.0. The van der Waals surface area contributed by atoms with Crippen LogP contribution in [0.1, 0.15) is 83.7 Å². The molecular weight excluding hydrogens is 551 g/mol. The molecule has 3 aliphatic carbocycles. The van der Waals surface area contributed by atoms with E-state index in [9.17, 15) is 14.9 Å². The van der Waals surface area contributed by atoms with Gasteiger partial charge in [0.1, 0.15) is 28.7 Å². The maximum Gasteiger partial charge on any atom is 0.413 e. The minimum atomic E-state index is -0.815. The minimum Gasteiger partial charge on any atom is -0.444 e. The largest absolute Gasteiger partial charge is 0.444 e. The first-order valence-electron chi connectivity index (χ1n) is 13.4. The predicted octanol–water partition coefficient (Wildman–Crippen LogP) is 6.75. The lowest BCUT2D eigenvalue weighted by atomic mass is 9.35. The Hall–Kier alpha value is -3.91. The van der Waals surface area contributed by atoms with Gasteiger partial charge in [-0.1, -0.05) is 35.8 Å². The van der Waals surface area contributed by atoms with Gasteiger partial charge in [0.2, 0.25) is 11.8 Å². The first kappa shape index (κ1) is 28.6. The Morgan fingerprint density at radius 2 is 1.95 bits per heavy atom. The quantitative estimate of drug-likeness (QED) is 0.314. The van der Waals surface area contributed by atoms with E-state index in [0.717, 1.165) is 25.0 Å². The number of nitriles is 1. The fourth-order valence-corrected chi connectivity index (χ4v) is 6.31. The molecule has 0 atom stereocenters. The maximum absolute atomic E-state index is 15.4. The van der Waals surface area contributed by atoms with E-state index in [4.69, 9.17) is 20.9 Å². The van der Waals surface area contributed by atoms with Gasteiger partial charge in [-0.25, -0.2) is 13.9 Å². The Balaban J connectivity index is 1.35. The Morgan fingerprint density at radius 3 is 2.54 bits per heavy atom. The number of nitrogens with one attached hydrogen (secondary N) is 2. The van der Waals surface area contributed by atoms with Crippen molar-refractivity contribution in [1.82, 2.24) is 14.9 Å². The first-order chi connectivity index (χ1) is 19.1. The fourth-order valence-electron chi connectivity index (χ4n) is 6.04. The highest BCUT2D eigenvalue weighted by atomic mass is 35.5. The number of amides is 2. The Morgan fingerprint density at radius 1 is 1.27 bits per heavy atom. The zero-order chi connectivity index (χ0) is 29.9. The summed E-state index contributed by atoms with van der Waals surface area (Å²) in [4.78, 5) is 25.2. The molecule has 3 saturated carbocycles. The second kappa shape index (κ2) is 9.87. The Kier molecular flexibility index (Phi) is 6.89. The maximum atomic E-state index is 15.4. The van der Waals surface area contributed by atoms with Gasteiger partial charge in [0, 0.05) is 23.1 Å². The SMILES string of the molecule is CC(C)n1nc(-c2ccc(CC(=O)Nc3cc(C45CC(C)(C4)C5)no3)c(F)c2Cl)c(C#N)c1NC(=O)OC(C)(C)C. The summed E-state index contributed by atoms with van der Waals surface area (Å²) < 4.78 is 27.5. The smallest absolute Gasteiger partial charge is 0.413 e. The molecule has 12 heteroatoms. The van der Waals surface area contributed by atoms with E-state index >= 15 is 4.39 Å². The highest BCUT2D eigenvalue weighted by molar-refractivity contribution is 6.33. The van der Waals surface area contributed by atoms with Crippen LogP contribution in [0.25, 0.3) is 11.3 Å². The van der Waals surface area contributed by atoms with Crippen LogP contribution in [0.5, 0.6) is 0 Å². The summed E-state index contributed by atoms with van der Waals surface area (Å²) in [5.41, 5.74) is 0.818. The molecule has 3 fully saturated rings. The number of ether oxygens (including phenoxy) is 1. The van der Waals surface area contributed by atoms with Crippen molar-refractivity contribution < 1.29 is 23.2 Å². The van der Waals surface area contributed by atoms with Crippen LogP contribution in [0, 0.1) is 22.6 Å². The second-order valence-corrected chi connectivity index (χ2v) is 13.1.